The Morgan fingerprint density at radius 3 is 2.44 bits per heavy atom. The molecule has 8 heteroatoms. The number of aliphatic hydroxyl groups is 1. The van der Waals surface area contributed by atoms with E-state index in [0.717, 1.165) is 11.3 Å². The van der Waals surface area contributed by atoms with E-state index >= 15 is 0 Å². The summed E-state index contributed by atoms with van der Waals surface area (Å²) in [6, 6.07) is 20.6. The van der Waals surface area contributed by atoms with E-state index in [1.807, 2.05) is 24.3 Å². The van der Waals surface area contributed by atoms with Crippen molar-refractivity contribution in [2.24, 2.45) is 0 Å². The van der Waals surface area contributed by atoms with Gasteiger partial charge in [-0.25, -0.2) is 0 Å². The Balaban J connectivity index is 1.73. The van der Waals surface area contributed by atoms with Crippen molar-refractivity contribution in [3.63, 3.8) is 0 Å². The van der Waals surface area contributed by atoms with E-state index < -0.39 is 11.8 Å². The number of nitrogens with one attached hydrogen (secondary N) is 2. The molecular formula is C26H26N2O6. The number of ether oxygens (including phenoxy) is 2. The molecule has 0 aromatic heterocycles. The quantitative estimate of drug-likeness (QED) is 0.344. The molecule has 0 aliphatic rings. The van der Waals surface area contributed by atoms with Crippen molar-refractivity contribution in [1.29, 1.82) is 0 Å². The van der Waals surface area contributed by atoms with Crippen LogP contribution in [0.2, 0.25) is 0 Å². The lowest BCUT2D eigenvalue weighted by Crippen LogP contribution is -2.36. The third-order valence-corrected chi connectivity index (χ3v) is 4.77. The van der Waals surface area contributed by atoms with Gasteiger partial charge in [0.25, 0.3) is 11.8 Å². The standard InChI is InChI=1S/C26H26N2O6/c1-33-21-6-4-5-19(15-21)17-34-20-11-9-18(10-12-20)16-23(26(32)27-13-14-29)28-25(31)22-7-2-3-8-24(22)30/h2-12,15-16,29-30H,13-14,17H2,1H3,(H,27,32)(H,28,31)/b23-16+. The second-order valence-corrected chi connectivity index (χ2v) is 7.22. The third-order valence-electron chi connectivity index (χ3n) is 4.77. The maximum Gasteiger partial charge on any atom is 0.267 e. The fourth-order valence-corrected chi connectivity index (χ4v) is 3.03. The molecule has 3 rings (SSSR count). The molecule has 0 radical (unpaired) electrons. The van der Waals surface area contributed by atoms with Gasteiger partial charge in [0.1, 0.15) is 29.6 Å². The summed E-state index contributed by atoms with van der Waals surface area (Å²) in [5, 5.41) is 24.0. The molecule has 3 aromatic carbocycles. The molecule has 0 bridgehead atoms. The molecule has 8 nitrogen and oxygen atoms in total. The normalized spacial score (nSPS) is 10.9. The van der Waals surface area contributed by atoms with Crippen LogP contribution in [0.1, 0.15) is 21.5 Å². The van der Waals surface area contributed by atoms with Crippen LogP contribution in [0, 0.1) is 0 Å². The van der Waals surface area contributed by atoms with Crippen molar-refractivity contribution in [1.82, 2.24) is 10.6 Å². The van der Waals surface area contributed by atoms with Crippen LogP contribution in [0.4, 0.5) is 0 Å². The molecule has 3 aromatic rings. The summed E-state index contributed by atoms with van der Waals surface area (Å²) in [6.07, 6.45) is 1.50. The number of hydrogen-bond donors (Lipinski definition) is 4. The number of benzene rings is 3. The van der Waals surface area contributed by atoms with Crippen LogP contribution in [0.5, 0.6) is 17.2 Å². The number of aromatic hydroxyl groups is 1. The molecule has 0 fully saturated rings. The van der Waals surface area contributed by atoms with Crippen molar-refractivity contribution in [3.8, 4) is 17.2 Å². The number of methoxy groups -OCH3 is 1. The number of hydrogen-bond acceptors (Lipinski definition) is 6. The molecular weight excluding hydrogens is 436 g/mol. The van der Waals surface area contributed by atoms with E-state index in [-0.39, 0.29) is 30.2 Å². The molecule has 0 aliphatic heterocycles. The fourth-order valence-electron chi connectivity index (χ4n) is 3.03. The third kappa shape index (κ3) is 6.85. The predicted octanol–water partition coefficient (Wildman–Crippen LogP) is 2.86. The van der Waals surface area contributed by atoms with Gasteiger partial charge in [0.2, 0.25) is 0 Å². The van der Waals surface area contributed by atoms with Crippen LogP contribution < -0.4 is 20.1 Å². The van der Waals surface area contributed by atoms with Crippen molar-refractivity contribution in [2.75, 3.05) is 20.3 Å². The Kier molecular flexibility index (Phi) is 8.65. The Morgan fingerprint density at radius 1 is 0.971 bits per heavy atom. The first-order valence-corrected chi connectivity index (χ1v) is 10.6. The summed E-state index contributed by atoms with van der Waals surface area (Å²) >= 11 is 0. The average Bonchev–Trinajstić information content (AvgIpc) is 2.86. The Morgan fingerprint density at radius 2 is 1.74 bits per heavy atom. The minimum Gasteiger partial charge on any atom is -0.507 e. The molecule has 0 aliphatic carbocycles. The van der Waals surface area contributed by atoms with Gasteiger partial charge in [0, 0.05) is 6.54 Å². The lowest BCUT2D eigenvalue weighted by Gasteiger charge is -2.12. The molecule has 0 heterocycles. The van der Waals surface area contributed by atoms with Crippen LogP contribution in [-0.4, -0.2) is 42.3 Å². The lowest BCUT2D eigenvalue weighted by atomic mass is 10.1. The summed E-state index contributed by atoms with van der Waals surface area (Å²) < 4.78 is 11.0. The van der Waals surface area contributed by atoms with Crippen LogP contribution in [0.3, 0.4) is 0 Å². The van der Waals surface area contributed by atoms with Crippen LogP contribution in [0.25, 0.3) is 6.08 Å². The number of carbonyl (C=O) groups excluding carboxylic acids is 2. The highest BCUT2D eigenvalue weighted by atomic mass is 16.5. The van der Waals surface area contributed by atoms with E-state index in [0.29, 0.717) is 17.9 Å². The number of carbonyl (C=O) groups is 2. The van der Waals surface area contributed by atoms with Gasteiger partial charge in [-0.05, 0) is 53.6 Å². The second kappa shape index (κ2) is 12.1. The first-order chi connectivity index (χ1) is 16.5. The van der Waals surface area contributed by atoms with Crippen LogP contribution >= 0.6 is 0 Å². The molecule has 0 saturated heterocycles. The highest BCUT2D eigenvalue weighted by Crippen LogP contribution is 2.19. The van der Waals surface area contributed by atoms with Gasteiger partial charge in [-0.15, -0.1) is 0 Å². The van der Waals surface area contributed by atoms with Crippen molar-refractivity contribution in [3.05, 3.63) is 95.2 Å². The zero-order chi connectivity index (χ0) is 24.3. The number of phenolic OH excluding ortho intramolecular Hbond substituents is 1. The molecule has 2 amide bonds. The number of rotatable bonds is 10. The first kappa shape index (κ1) is 24.3. The molecule has 0 unspecified atom stereocenters. The van der Waals surface area contributed by atoms with Gasteiger partial charge < -0.3 is 30.3 Å². The van der Waals surface area contributed by atoms with E-state index in [2.05, 4.69) is 10.6 Å². The van der Waals surface area contributed by atoms with E-state index in [1.54, 1.807) is 43.5 Å². The molecule has 0 saturated carbocycles. The molecule has 0 atom stereocenters. The number of amides is 2. The monoisotopic (exact) mass is 462 g/mol. The summed E-state index contributed by atoms with van der Waals surface area (Å²) in [4.78, 5) is 25.1. The van der Waals surface area contributed by atoms with Gasteiger partial charge in [0.15, 0.2) is 0 Å². The van der Waals surface area contributed by atoms with Crippen molar-refractivity contribution < 1.29 is 29.3 Å². The van der Waals surface area contributed by atoms with E-state index in [9.17, 15) is 14.7 Å². The average molecular weight is 463 g/mol. The SMILES string of the molecule is COc1cccc(COc2ccc(/C=C(/NC(=O)c3ccccc3O)C(=O)NCCO)cc2)c1. The lowest BCUT2D eigenvalue weighted by molar-refractivity contribution is -0.117. The summed E-state index contributed by atoms with van der Waals surface area (Å²) in [5.41, 5.74) is 1.59. The highest BCUT2D eigenvalue weighted by molar-refractivity contribution is 6.06. The second-order valence-electron chi connectivity index (χ2n) is 7.22. The zero-order valence-electron chi connectivity index (χ0n) is 18.7. The number of para-hydroxylation sites is 1. The Hall–Kier alpha value is -4.30. The summed E-state index contributed by atoms with van der Waals surface area (Å²) in [7, 11) is 1.61. The fraction of sp³-hybridized carbons (Fsp3) is 0.154. The summed E-state index contributed by atoms with van der Waals surface area (Å²) in [5.74, 6) is -0.0329. The molecule has 176 valence electrons. The smallest absolute Gasteiger partial charge is 0.267 e. The Labute approximate surface area is 197 Å². The van der Waals surface area contributed by atoms with E-state index in [4.69, 9.17) is 14.6 Å². The topological polar surface area (TPSA) is 117 Å². The van der Waals surface area contributed by atoms with Gasteiger partial charge in [0.05, 0.1) is 19.3 Å². The number of phenols is 1. The van der Waals surface area contributed by atoms with Crippen molar-refractivity contribution in [2.45, 2.75) is 6.61 Å². The highest BCUT2D eigenvalue weighted by Gasteiger charge is 2.16. The van der Waals surface area contributed by atoms with Gasteiger partial charge in [-0.2, -0.15) is 0 Å². The van der Waals surface area contributed by atoms with Gasteiger partial charge >= 0.3 is 0 Å². The maximum absolute atomic E-state index is 12.6. The van der Waals surface area contributed by atoms with Gasteiger partial charge in [-0.3, -0.25) is 9.59 Å². The van der Waals surface area contributed by atoms with Gasteiger partial charge in [-0.1, -0.05) is 36.4 Å². The first-order valence-electron chi connectivity index (χ1n) is 10.6. The minimum absolute atomic E-state index is 0.0275. The van der Waals surface area contributed by atoms with E-state index in [1.165, 1.54) is 18.2 Å². The maximum atomic E-state index is 12.6. The molecule has 34 heavy (non-hydrogen) atoms. The largest absolute Gasteiger partial charge is 0.507 e. The predicted molar refractivity (Wildman–Crippen MR) is 127 cm³/mol. The van der Waals surface area contributed by atoms with Crippen LogP contribution in [0.15, 0.2) is 78.5 Å². The van der Waals surface area contributed by atoms with Crippen molar-refractivity contribution >= 4 is 17.9 Å². The minimum atomic E-state index is -0.637. The molecule has 4 N–H and O–H groups in total. The molecule has 0 spiro atoms. The van der Waals surface area contributed by atoms with Crippen LogP contribution in [-0.2, 0) is 11.4 Å². The number of aliphatic hydroxyl groups excluding tert-OH is 1. The summed E-state index contributed by atoms with van der Waals surface area (Å²) in [6.45, 7) is 0.142. The Bertz CT molecular complexity index is 1160. The zero-order valence-corrected chi connectivity index (χ0v) is 18.7.